The lowest BCUT2D eigenvalue weighted by Crippen LogP contribution is -2.55. The third kappa shape index (κ3) is 7.11. The van der Waals surface area contributed by atoms with Crippen LogP contribution in [-0.4, -0.2) is 36.6 Å². The fraction of sp³-hybridized carbons (Fsp3) is 0.769. The van der Waals surface area contributed by atoms with Crippen LogP contribution in [0.3, 0.4) is 0 Å². The molecule has 2 heteroatoms. The Labute approximate surface area is 330 Å². The largest absolute Gasteiger partial charge is 0.316 e. The van der Waals surface area contributed by atoms with Gasteiger partial charge in [-0.25, -0.2) is 0 Å². The van der Waals surface area contributed by atoms with E-state index in [0.717, 1.165) is 71.1 Å². The van der Waals surface area contributed by atoms with Gasteiger partial charge >= 0.3 is 0 Å². The molecule has 294 valence electrons. The van der Waals surface area contributed by atoms with Crippen LogP contribution in [0.1, 0.15) is 155 Å². The second-order valence-electron chi connectivity index (χ2n) is 20.7. The van der Waals surface area contributed by atoms with Crippen molar-refractivity contribution >= 4 is 0 Å². The van der Waals surface area contributed by atoms with Gasteiger partial charge in [-0.3, -0.25) is 4.90 Å². The molecule has 54 heavy (non-hydrogen) atoms. The minimum absolute atomic E-state index is 0.655. The summed E-state index contributed by atoms with van der Waals surface area (Å²) in [6, 6.07) is 1.42. The van der Waals surface area contributed by atoms with E-state index in [1.165, 1.54) is 167 Å². The van der Waals surface area contributed by atoms with Crippen molar-refractivity contribution in [2.24, 2.45) is 65.1 Å². The Morgan fingerprint density at radius 2 is 1.39 bits per heavy atom. The monoisotopic (exact) mass is 729 g/mol. The van der Waals surface area contributed by atoms with E-state index in [2.05, 4.69) is 59.7 Å². The van der Waals surface area contributed by atoms with Gasteiger partial charge in [0.25, 0.3) is 0 Å². The fourth-order valence-corrected chi connectivity index (χ4v) is 15.5. The molecule has 8 aliphatic carbocycles. The summed E-state index contributed by atoms with van der Waals surface area (Å²) in [7, 11) is 0. The molecule has 0 aromatic heterocycles. The molecule has 4 fully saturated rings. The summed E-state index contributed by atoms with van der Waals surface area (Å²) in [4.78, 5) is 3.25. The van der Waals surface area contributed by atoms with Crippen molar-refractivity contribution in [2.75, 3.05) is 19.6 Å². The Bertz CT molecular complexity index is 1530. The van der Waals surface area contributed by atoms with Crippen LogP contribution in [0.15, 0.2) is 70.4 Å². The zero-order chi connectivity index (χ0) is 36.0. The van der Waals surface area contributed by atoms with Crippen LogP contribution in [0, 0.1) is 65.1 Å². The molecule has 1 saturated heterocycles. The van der Waals surface area contributed by atoms with Crippen LogP contribution < -0.4 is 5.32 Å². The lowest BCUT2D eigenvalue weighted by atomic mass is 9.58. The SMILES string of the molecule is CC1C2CCCC/C2=C(\C2CCC(C3CCNC3)=C3CCCCC32)CN(C2C=CCCC2)C2CC(C3C=CC(C4C=C5CCC=CC5CC4)CC3)CCC12. The van der Waals surface area contributed by atoms with Gasteiger partial charge in [-0.05, 0) is 206 Å². The fourth-order valence-electron chi connectivity index (χ4n) is 15.5. The van der Waals surface area contributed by atoms with Gasteiger partial charge in [-0.15, -0.1) is 0 Å². The highest BCUT2D eigenvalue weighted by Crippen LogP contribution is 2.55. The molecule has 2 nitrogen and oxygen atoms in total. The quantitative estimate of drug-likeness (QED) is 0.284. The van der Waals surface area contributed by atoms with Gasteiger partial charge in [0.05, 0.1) is 0 Å². The van der Waals surface area contributed by atoms with E-state index in [0.29, 0.717) is 6.04 Å². The molecule has 1 N–H and O–H groups in total. The minimum Gasteiger partial charge on any atom is -0.316 e. The average Bonchev–Trinajstić information content (AvgIpc) is 3.78. The first kappa shape index (κ1) is 36.7. The second-order valence-corrected chi connectivity index (χ2v) is 20.7. The third-order valence-electron chi connectivity index (χ3n) is 18.3. The summed E-state index contributed by atoms with van der Waals surface area (Å²) in [6.07, 6.45) is 51.3. The summed E-state index contributed by atoms with van der Waals surface area (Å²) >= 11 is 0. The van der Waals surface area contributed by atoms with Gasteiger partial charge in [0.2, 0.25) is 0 Å². The molecule has 0 radical (unpaired) electrons. The predicted molar refractivity (Wildman–Crippen MR) is 227 cm³/mol. The minimum atomic E-state index is 0.655. The zero-order valence-corrected chi connectivity index (χ0v) is 34.4. The van der Waals surface area contributed by atoms with Crippen molar-refractivity contribution in [1.29, 1.82) is 0 Å². The Hall–Kier alpha value is -1.64. The van der Waals surface area contributed by atoms with Gasteiger partial charge in [0.1, 0.15) is 0 Å². The van der Waals surface area contributed by atoms with E-state index in [1.54, 1.807) is 5.57 Å². The van der Waals surface area contributed by atoms with Crippen molar-refractivity contribution in [3.8, 4) is 0 Å². The Kier molecular flexibility index (Phi) is 11.1. The topological polar surface area (TPSA) is 15.3 Å². The van der Waals surface area contributed by atoms with Crippen molar-refractivity contribution in [3.63, 3.8) is 0 Å². The molecule has 13 atom stereocenters. The second kappa shape index (κ2) is 16.3. The Morgan fingerprint density at radius 3 is 2.20 bits per heavy atom. The molecular weight excluding hydrogens is 653 g/mol. The van der Waals surface area contributed by atoms with Gasteiger partial charge in [0.15, 0.2) is 0 Å². The number of nitrogens with zero attached hydrogens (tertiary/aromatic N) is 1. The van der Waals surface area contributed by atoms with Crippen molar-refractivity contribution in [2.45, 2.75) is 167 Å². The van der Waals surface area contributed by atoms with Crippen LogP contribution in [0.25, 0.3) is 0 Å². The molecule has 2 heterocycles. The first-order valence-corrected chi connectivity index (χ1v) is 24.3. The Balaban J connectivity index is 0.945. The average molecular weight is 729 g/mol. The molecule has 0 aromatic rings. The molecule has 3 saturated carbocycles. The number of hydrogen-bond acceptors (Lipinski definition) is 2. The van der Waals surface area contributed by atoms with Crippen LogP contribution >= 0.6 is 0 Å². The molecule has 13 unspecified atom stereocenters. The van der Waals surface area contributed by atoms with E-state index in [9.17, 15) is 0 Å². The van der Waals surface area contributed by atoms with Crippen LogP contribution in [0.5, 0.6) is 0 Å². The lowest BCUT2D eigenvalue weighted by Gasteiger charge is -2.54. The molecule has 2 aliphatic heterocycles. The lowest BCUT2D eigenvalue weighted by molar-refractivity contribution is 0.00549. The highest BCUT2D eigenvalue weighted by atomic mass is 15.2. The molecule has 0 spiro atoms. The summed E-state index contributed by atoms with van der Waals surface area (Å²) in [5.74, 6) is 9.14. The van der Waals surface area contributed by atoms with E-state index < -0.39 is 0 Å². The van der Waals surface area contributed by atoms with Crippen molar-refractivity contribution in [3.05, 3.63) is 70.4 Å². The molecule has 0 aromatic carbocycles. The number of nitrogens with one attached hydrogen (secondary N) is 1. The summed E-state index contributed by atoms with van der Waals surface area (Å²) in [5, 5.41) is 3.75. The van der Waals surface area contributed by atoms with Gasteiger partial charge in [0, 0.05) is 25.2 Å². The third-order valence-corrected chi connectivity index (χ3v) is 18.3. The predicted octanol–water partition coefficient (Wildman–Crippen LogP) is 12.7. The van der Waals surface area contributed by atoms with Crippen LogP contribution in [0.2, 0.25) is 0 Å². The standard InChI is InChI=1S/C52H76N2/c1-35-44-15-7-8-16-47(44)51(50-28-27-46(42-29-30-53-33-42)48-17-9-10-18-49(48)50)34-54(43-13-3-2-4-14-43)52-32-41(25-26-45(35)52)38-21-19-37(20-22-38)40-24-23-36-11-5-6-12-39(36)31-40/h3,5,11,13,19,21,31,35-38,40-45,49-50,52-53H,2,4,6-10,12,14-18,20,22-30,32-34H2,1H3/b51-47+. The van der Waals surface area contributed by atoms with E-state index in [-0.39, 0.29) is 0 Å². The maximum absolute atomic E-state index is 3.75. The maximum atomic E-state index is 3.75. The van der Waals surface area contributed by atoms with Gasteiger partial charge in [-0.1, -0.05) is 90.2 Å². The highest BCUT2D eigenvalue weighted by Gasteiger charge is 2.48. The molecule has 0 bridgehead atoms. The summed E-state index contributed by atoms with van der Waals surface area (Å²) in [5.41, 5.74) is 9.77. The van der Waals surface area contributed by atoms with Crippen LogP contribution in [-0.2, 0) is 0 Å². The molecule has 0 amide bonds. The number of hydrogen-bond donors (Lipinski definition) is 1. The van der Waals surface area contributed by atoms with Gasteiger partial charge in [-0.2, -0.15) is 0 Å². The number of allylic oxidation sites excluding steroid dienone is 9. The Morgan fingerprint density at radius 1 is 0.593 bits per heavy atom. The maximum Gasteiger partial charge on any atom is 0.0284 e. The number of rotatable bonds is 5. The van der Waals surface area contributed by atoms with E-state index in [1.807, 2.05) is 22.3 Å². The molecular formula is C52H76N2. The molecule has 10 rings (SSSR count). The normalized spacial score (nSPS) is 45.8. The first-order valence-electron chi connectivity index (χ1n) is 24.3. The molecule has 10 aliphatic rings. The van der Waals surface area contributed by atoms with E-state index >= 15 is 0 Å². The summed E-state index contributed by atoms with van der Waals surface area (Å²) in [6.45, 7) is 6.58. The highest BCUT2D eigenvalue weighted by molar-refractivity contribution is 5.34. The van der Waals surface area contributed by atoms with Crippen molar-refractivity contribution < 1.29 is 0 Å². The number of fused-ring (bicyclic) bond motifs is 4. The zero-order valence-electron chi connectivity index (χ0n) is 34.4. The van der Waals surface area contributed by atoms with Crippen molar-refractivity contribution in [1.82, 2.24) is 10.2 Å². The van der Waals surface area contributed by atoms with E-state index in [4.69, 9.17) is 0 Å². The van der Waals surface area contributed by atoms with Gasteiger partial charge < -0.3 is 5.32 Å². The first-order chi connectivity index (χ1) is 26.7. The summed E-state index contributed by atoms with van der Waals surface area (Å²) < 4.78 is 0. The smallest absolute Gasteiger partial charge is 0.0284 e. The van der Waals surface area contributed by atoms with Crippen LogP contribution in [0.4, 0.5) is 0 Å².